The maximum Gasteiger partial charge on any atom is 0.372 e. The van der Waals surface area contributed by atoms with Gasteiger partial charge in [-0.25, -0.2) is 26.7 Å². The van der Waals surface area contributed by atoms with Crippen LogP contribution in [0.4, 0.5) is 22.0 Å². The number of aromatic amines is 1. The van der Waals surface area contributed by atoms with E-state index in [0.717, 1.165) is 49.0 Å². The van der Waals surface area contributed by atoms with Gasteiger partial charge in [-0.15, -0.1) is 0 Å². The molecule has 5 aromatic heterocycles. The van der Waals surface area contributed by atoms with Crippen molar-refractivity contribution in [2.75, 3.05) is 14.1 Å². The van der Waals surface area contributed by atoms with Gasteiger partial charge in [0.05, 0.1) is 95.6 Å². The van der Waals surface area contributed by atoms with E-state index in [0.29, 0.717) is 31.7 Å². The zero-order valence-corrected chi connectivity index (χ0v) is 55.7. The molecule has 4 N–H and O–H groups in total. The molecule has 494 valence electrons. The van der Waals surface area contributed by atoms with Crippen LogP contribution in [0.25, 0.3) is 0 Å². The van der Waals surface area contributed by atoms with Crippen molar-refractivity contribution in [1.82, 2.24) is 54.2 Å². The number of halogens is 8. The van der Waals surface area contributed by atoms with Crippen LogP contribution in [0.15, 0.2) is 192 Å². The Hall–Kier alpha value is -9.84. The quantitative estimate of drug-likeness (QED) is 0.0265. The Bertz CT molecular complexity index is 3890. The molecule has 0 spiro atoms. The van der Waals surface area contributed by atoms with E-state index < -0.39 is 47.7 Å². The van der Waals surface area contributed by atoms with Crippen LogP contribution >= 0.6 is 47.8 Å². The Morgan fingerprint density at radius 2 is 0.766 bits per heavy atom. The number of hydrogen-bond donors (Lipinski definition) is 2. The first-order chi connectivity index (χ1) is 44.2. The number of carboxylic acid groups (broad SMARTS) is 1. The second kappa shape index (κ2) is 40.9. The van der Waals surface area contributed by atoms with Gasteiger partial charge < -0.3 is 15.5 Å². The molecule has 0 atom stereocenters. The highest BCUT2D eigenvalue weighted by atomic mass is 79.9. The fourth-order valence-electron chi connectivity index (χ4n) is 6.86. The fourth-order valence-corrected chi connectivity index (χ4v) is 7.76. The lowest BCUT2D eigenvalue weighted by molar-refractivity contribution is -0.148. The minimum absolute atomic E-state index is 0. The number of nitrogens with zero attached hydrogens (tertiary/aromatic N) is 10. The lowest BCUT2D eigenvalue weighted by Gasteiger charge is -2.02. The molecule has 10 aromatic rings. The van der Waals surface area contributed by atoms with Gasteiger partial charge in [-0.1, -0.05) is 76.6 Å². The van der Waals surface area contributed by atoms with Crippen molar-refractivity contribution in [3.8, 4) is 0 Å². The summed E-state index contributed by atoms with van der Waals surface area (Å²) < 4.78 is 71.4. The highest BCUT2D eigenvalue weighted by molar-refractivity contribution is 9.10. The van der Waals surface area contributed by atoms with Crippen molar-refractivity contribution >= 4 is 94.4 Å². The second-order valence-electron chi connectivity index (χ2n) is 19.7. The number of aromatic nitrogens is 10. The normalized spacial score (nSPS) is 9.93. The minimum atomic E-state index is -1.64. The van der Waals surface area contributed by atoms with Crippen molar-refractivity contribution in [3.05, 3.63) is 266 Å². The second-order valence-corrected chi connectivity index (χ2v) is 22.1. The van der Waals surface area contributed by atoms with Crippen LogP contribution in [-0.4, -0.2) is 125 Å². The van der Waals surface area contributed by atoms with Crippen LogP contribution in [0, 0.1) is 29.1 Å². The average Bonchev–Trinajstić information content (AvgIpc) is 1.93. The zero-order valence-electron chi connectivity index (χ0n) is 51.0. The maximum atomic E-state index is 12.8. The lowest BCUT2D eigenvalue weighted by atomic mass is 10.1. The number of hydrogen-bond acceptors (Lipinski definition) is 13. The predicted molar refractivity (Wildman–Crippen MR) is 348 cm³/mol. The lowest BCUT2D eigenvalue weighted by Crippen LogP contribution is -2.17. The van der Waals surface area contributed by atoms with Crippen molar-refractivity contribution < 1.29 is 70.9 Å². The van der Waals surface area contributed by atoms with Crippen LogP contribution in [0.3, 0.4) is 0 Å². The predicted octanol–water partition coefficient (Wildman–Crippen LogP) is 11.4. The molecule has 0 fully saturated rings. The fraction of sp³-hybridized carbons (Fsp3) is 0.185. The van der Waals surface area contributed by atoms with Gasteiger partial charge in [0.2, 0.25) is 17.5 Å². The van der Waals surface area contributed by atoms with Crippen molar-refractivity contribution in [2.24, 2.45) is 0 Å². The van der Waals surface area contributed by atoms with Gasteiger partial charge in [-0.05, 0) is 127 Å². The van der Waals surface area contributed by atoms with Gasteiger partial charge in [-0.3, -0.25) is 57.4 Å². The Kier molecular flexibility index (Phi) is 34.1. The molecule has 0 radical (unpaired) electrons. The van der Waals surface area contributed by atoms with E-state index in [1.54, 1.807) is 109 Å². The molecule has 0 saturated heterocycles. The van der Waals surface area contributed by atoms with Crippen molar-refractivity contribution in [2.45, 2.75) is 65.1 Å². The molecule has 1 amide bonds. The number of Topliss-reactive ketones (excluding diaryl/α,β-unsaturated/α-hetero) is 6. The Balaban J connectivity index is 0.000000297. The highest BCUT2D eigenvalue weighted by Gasteiger charge is 2.20. The summed E-state index contributed by atoms with van der Waals surface area (Å²) in [5.41, 5.74) is 5.71. The van der Waals surface area contributed by atoms with Crippen LogP contribution in [0.5, 0.6) is 0 Å². The van der Waals surface area contributed by atoms with E-state index in [4.69, 9.17) is 5.11 Å². The van der Waals surface area contributed by atoms with E-state index in [1.165, 1.54) is 120 Å². The summed E-state index contributed by atoms with van der Waals surface area (Å²) in [7, 11) is 3.45. The third kappa shape index (κ3) is 30.5. The highest BCUT2D eigenvalue weighted by Crippen LogP contribution is 2.13. The molecule has 21 nitrogen and oxygen atoms in total. The summed E-state index contributed by atoms with van der Waals surface area (Å²) >= 11 is 9.76. The molecule has 29 heteroatoms. The van der Waals surface area contributed by atoms with Gasteiger partial charge in [0.25, 0.3) is 0 Å². The minimum Gasteiger partial charge on any atom is -0.475 e. The third-order valence-corrected chi connectivity index (χ3v) is 13.5. The number of aliphatic carboxylic acids is 1. The zero-order chi connectivity index (χ0) is 68.6. The van der Waals surface area contributed by atoms with Crippen molar-refractivity contribution in [3.63, 3.8) is 0 Å². The standard InChI is InChI=1S/C15H13FN2O3.C14H11FN2O4.C12H11FN2O.C10H8BrFN2.C7H6BrF.C4H9NO.C3H3BrN2.H2O/c1-10(19)14(20)6-15(21)12-7-17-18(9-12)8-11-2-4-13(16)5-3-11;15-11-3-1-9(2-4-11)7-17-8-10(6-16-17)12(18)5-13(19)14(20)21;1-9(16)11-6-14-15(8-11)7-10-2-4-12(13)5-3-10;11-9-5-13-14(7-9)6-8-1-3-10(12)4-2-8;8-5-6-1-3-7(9)4-2-6;1-4(6)5(2)3;4-3-1-5-6-2-3;/h2-5,7,9H,6,8H2,1H3;1-4,6,8H,5,7H2,(H,20,21);2-6,8H,7H2,1H3;1-5,7H,6H2;1-4H,5H2;1-3H3;1-2H,(H,5,6);1H2. The van der Waals surface area contributed by atoms with E-state index in [-0.39, 0.29) is 57.4 Å². The van der Waals surface area contributed by atoms with E-state index >= 15 is 0 Å². The number of benzene rings is 5. The van der Waals surface area contributed by atoms with Crippen LogP contribution in [0.1, 0.15) is 92.5 Å². The van der Waals surface area contributed by atoms with Gasteiger partial charge in [0.15, 0.2) is 23.1 Å². The first kappa shape index (κ1) is 78.4. The third-order valence-electron chi connectivity index (χ3n) is 12.0. The van der Waals surface area contributed by atoms with Crippen LogP contribution < -0.4 is 0 Å². The number of amides is 1. The number of nitrogens with one attached hydrogen (secondary N) is 1. The van der Waals surface area contributed by atoms with Crippen LogP contribution in [0.2, 0.25) is 0 Å². The van der Waals surface area contributed by atoms with Gasteiger partial charge in [0.1, 0.15) is 29.1 Å². The Morgan fingerprint density at radius 1 is 0.457 bits per heavy atom. The monoisotopic (exact) mass is 1490 g/mol. The molecule has 0 aliphatic heterocycles. The molecular weight excluding hydrogens is 1430 g/mol. The van der Waals surface area contributed by atoms with Gasteiger partial charge in [-0.2, -0.15) is 25.5 Å². The molecule has 94 heavy (non-hydrogen) atoms. The molecular formula is C65H63Br3F5N11O10. The molecule has 5 aromatic carbocycles. The summed E-state index contributed by atoms with van der Waals surface area (Å²) in [6, 6.07) is 30.8. The van der Waals surface area contributed by atoms with Crippen molar-refractivity contribution in [1.29, 1.82) is 0 Å². The SMILES string of the molecule is Brc1cn[nH]c1.CC(=O)C(=O)CC(=O)c1cnn(Cc2ccc(F)cc2)c1.CC(=O)N(C)C.CC(=O)c1cnn(Cc2ccc(F)cc2)c1.Fc1ccc(CBr)cc1.Fc1ccc(Cn2cc(Br)cn2)cc1.O.O=C(O)C(=O)CC(=O)c1cnn(Cc2ccc(F)cc2)c1. The number of rotatable bonds is 18. The summed E-state index contributed by atoms with van der Waals surface area (Å²) in [4.78, 5) is 89.5. The number of carboxylic acids is 1. The Labute approximate surface area is 561 Å². The number of alkyl halides is 1. The molecule has 0 aliphatic rings. The average molecular weight is 1490 g/mol. The molecule has 0 saturated carbocycles. The number of carbonyl (C=O) groups is 8. The molecule has 10 rings (SSSR count). The van der Waals surface area contributed by atoms with E-state index in [9.17, 15) is 60.3 Å². The topological polar surface area (TPSA) is 291 Å². The molecule has 5 heterocycles. The largest absolute Gasteiger partial charge is 0.475 e. The number of carbonyl (C=O) groups excluding carboxylic acids is 7. The molecule has 0 bridgehead atoms. The number of H-pyrrole nitrogens is 1. The van der Waals surface area contributed by atoms with Gasteiger partial charge >= 0.3 is 5.97 Å². The summed E-state index contributed by atoms with van der Waals surface area (Å²) in [5, 5.41) is 31.6. The van der Waals surface area contributed by atoms with E-state index in [1.807, 2.05) is 6.20 Å². The smallest absolute Gasteiger partial charge is 0.372 e. The summed E-state index contributed by atoms with van der Waals surface area (Å²) in [5.74, 6) is -6.43. The molecule has 0 unspecified atom stereocenters. The first-order valence-corrected chi connectivity index (χ1v) is 30.1. The molecule has 0 aliphatic carbocycles. The summed E-state index contributed by atoms with van der Waals surface area (Å²) in [6.07, 6.45) is 14.7. The summed E-state index contributed by atoms with van der Waals surface area (Å²) in [6.45, 7) is 6.07. The van der Waals surface area contributed by atoms with E-state index in [2.05, 4.69) is 78.4 Å². The maximum absolute atomic E-state index is 12.8. The van der Waals surface area contributed by atoms with Gasteiger partial charge in [0, 0.05) is 64.3 Å². The number of ketones is 6. The Morgan fingerprint density at radius 3 is 1.01 bits per heavy atom. The first-order valence-electron chi connectivity index (χ1n) is 27.4. The van der Waals surface area contributed by atoms with Crippen LogP contribution in [-0.2, 0) is 55.5 Å².